The van der Waals surface area contributed by atoms with Crippen LogP contribution in [-0.2, 0) is 9.53 Å². The Morgan fingerprint density at radius 1 is 1.64 bits per heavy atom. The van der Waals surface area contributed by atoms with Crippen molar-refractivity contribution in [1.82, 2.24) is 5.32 Å². The molecule has 0 bridgehead atoms. The van der Waals surface area contributed by atoms with Gasteiger partial charge in [0.05, 0.1) is 13.2 Å². The first-order valence-corrected chi connectivity index (χ1v) is 4.88. The van der Waals surface area contributed by atoms with Gasteiger partial charge >= 0.3 is 0 Å². The van der Waals surface area contributed by atoms with Crippen LogP contribution in [0.4, 0.5) is 0 Å². The van der Waals surface area contributed by atoms with E-state index >= 15 is 0 Å². The van der Waals surface area contributed by atoms with E-state index in [4.69, 9.17) is 4.74 Å². The zero-order valence-corrected chi connectivity index (χ0v) is 8.64. The number of hydrogen-bond acceptors (Lipinski definition) is 3. The Hall–Kier alpha value is -1.09. The fourth-order valence-electron chi connectivity index (χ4n) is 1.27. The third-order valence-electron chi connectivity index (χ3n) is 1.92. The monoisotopic (exact) mass is 195 g/mol. The van der Waals surface area contributed by atoms with Gasteiger partial charge in [-0.25, -0.2) is 0 Å². The lowest BCUT2D eigenvalue weighted by atomic mass is 10.3. The summed E-state index contributed by atoms with van der Waals surface area (Å²) < 4.78 is 5.31. The van der Waals surface area contributed by atoms with Gasteiger partial charge in [0.2, 0.25) is 0 Å². The molecule has 1 aliphatic carbocycles. The van der Waals surface area contributed by atoms with Gasteiger partial charge in [0.15, 0.2) is 5.78 Å². The van der Waals surface area contributed by atoms with E-state index in [-0.39, 0.29) is 5.78 Å². The smallest absolute Gasteiger partial charge is 0.157 e. The molecule has 0 atom stereocenters. The molecule has 0 aromatic heterocycles. The lowest BCUT2D eigenvalue weighted by Crippen LogP contribution is -2.18. The van der Waals surface area contributed by atoms with Crippen molar-refractivity contribution in [3.63, 3.8) is 0 Å². The van der Waals surface area contributed by atoms with E-state index in [1.165, 1.54) is 0 Å². The van der Waals surface area contributed by atoms with Gasteiger partial charge in [-0.2, -0.15) is 0 Å². The predicted molar refractivity (Wildman–Crippen MR) is 56.0 cm³/mol. The molecule has 0 aliphatic heterocycles. The molecule has 78 valence electrons. The van der Waals surface area contributed by atoms with Gasteiger partial charge in [-0.15, -0.1) is 0 Å². The van der Waals surface area contributed by atoms with Crippen molar-refractivity contribution in [2.24, 2.45) is 0 Å². The minimum absolute atomic E-state index is 0.218. The first-order chi connectivity index (χ1) is 6.68. The van der Waals surface area contributed by atoms with E-state index in [1.807, 2.05) is 6.92 Å². The third kappa shape index (κ3) is 4.23. The first kappa shape index (κ1) is 11.0. The fraction of sp³-hybridized carbons (Fsp3) is 0.545. The second kappa shape index (κ2) is 5.60. The van der Waals surface area contributed by atoms with Gasteiger partial charge < -0.3 is 10.1 Å². The van der Waals surface area contributed by atoms with Crippen LogP contribution in [0.3, 0.4) is 0 Å². The van der Waals surface area contributed by atoms with E-state index in [2.05, 4.69) is 11.9 Å². The van der Waals surface area contributed by atoms with Crippen LogP contribution in [-0.4, -0.2) is 25.5 Å². The SMILES string of the molecule is C=C(C)COCCNC1=CC(=O)CC1. The van der Waals surface area contributed by atoms with Crippen molar-refractivity contribution in [1.29, 1.82) is 0 Å². The number of allylic oxidation sites excluding steroid dienone is 2. The molecule has 0 spiro atoms. The van der Waals surface area contributed by atoms with Crippen LogP contribution in [0.1, 0.15) is 19.8 Å². The highest BCUT2D eigenvalue weighted by atomic mass is 16.5. The molecule has 0 heterocycles. The van der Waals surface area contributed by atoms with Crippen molar-refractivity contribution in [3.05, 3.63) is 23.9 Å². The first-order valence-electron chi connectivity index (χ1n) is 4.88. The summed E-state index contributed by atoms with van der Waals surface area (Å²) in [6.45, 7) is 7.69. The standard InChI is InChI=1S/C11H17NO2/c1-9(2)8-14-6-5-12-10-3-4-11(13)7-10/h7,12H,1,3-6,8H2,2H3. The number of carbonyl (C=O) groups is 1. The molecule has 0 aromatic carbocycles. The second-order valence-corrected chi connectivity index (χ2v) is 3.57. The molecule has 0 saturated carbocycles. The Labute approximate surface area is 84.8 Å². The summed E-state index contributed by atoms with van der Waals surface area (Å²) in [6, 6.07) is 0. The summed E-state index contributed by atoms with van der Waals surface area (Å²) in [7, 11) is 0. The summed E-state index contributed by atoms with van der Waals surface area (Å²) in [5.41, 5.74) is 2.06. The molecule has 0 fully saturated rings. The summed E-state index contributed by atoms with van der Waals surface area (Å²) in [5, 5.41) is 3.17. The third-order valence-corrected chi connectivity index (χ3v) is 1.92. The summed E-state index contributed by atoms with van der Waals surface area (Å²) in [4.78, 5) is 10.9. The topological polar surface area (TPSA) is 38.3 Å². The molecule has 3 heteroatoms. The van der Waals surface area contributed by atoms with Gasteiger partial charge in [0.25, 0.3) is 0 Å². The molecule has 0 radical (unpaired) electrons. The maximum absolute atomic E-state index is 10.9. The second-order valence-electron chi connectivity index (χ2n) is 3.57. The molecular weight excluding hydrogens is 178 g/mol. The van der Waals surface area contributed by atoms with Crippen LogP contribution in [0.15, 0.2) is 23.9 Å². The number of rotatable bonds is 6. The lowest BCUT2D eigenvalue weighted by molar-refractivity contribution is -0.114. The molecule has 0 amide bonds. The molecule has 1 N–H and O–H groups in total. The van der Waals surface area contributed by atoms with Crippen LogP contribution in [0.2, 0.25) is 0 Å². The van der Waals surface area contributed by atoms with Crippen molar-refractivity contribution >= 4 is 5.78 Å². The Morgan fingerprint density at radius 3 is 3.00 bits per heavy atom. The number of ether oxygens (including phenoxy) is 1. The minimum atomic E-state index is 0.218. The van der Waals surface area contributed by atoms with E-state index in [0.29, 0.717) is 19.6 Å². The zero-order valence-electron chi connectivity index (χ0n) is 8.64. The lowest BCUT2D eigenvalue weighted by Gasteiger charge is -2.07. The molecule has 3 nitrogen and oxygen atoms in total. The molecule has 0 aromatic rings. The highest BCUT2D eigenvalue weighted by Crippen LogP contribution is 2.10. The summed E-state index contributed by atoms with van der Waals surface area (Å²) >= 11 is 0. The number of hydrogen-bond donors (Lipinski definition) is 1. The zero-order chi connectivity index (χ0) is 10.4. The molecule has 1 aliphatic rings. The van der Waals surface area contributed by atoms with Crippen LogP contribution >= 0.6 is 0 Å². The van der Waals surface area contributed by atoms with Gasteiger partial charge in [-0.1, -0.05) is 12.2 Å². The van der Waals surface area contributed by atoms with Gasteiger partial charge in [0, 0.05) is 24.7 Å². The van der Waals surface area contributed by atoms with Crippen molar-refractivity contribution in [3.8, 4) is 0 Å². The number of ketones is 1. The average Bonchev–Trinajstić information content (AvgIpc) is 2.50. The summed E-state index contributed by atoms with van der Waals surface area (Å²) in [5.74, 6) is 0.218. The van der Waals surface area contributed by atoms with E-state index < -0.39 is 0 Å². The Kier molecular flexibility index (Phi) is 4.40. The minimum Gasteiger partial charge on any atom is -0.386 e. The van der Waals surface area contributed by atoms with E-state index in [1.54, 1.807) is 6.08 Å². The molecule has 0 saturated heterocycles. The fourth-order valence-corrected chi connectivity index (χ4v) is 1.27. The molecule has 14 heavy (non-hydrogen) atoms. The normalized spacial score (nSPS) is 15.5. The van der Waals surface area contributed by atoms with Gasteiger partial charge in [0.1, 0.15) is 0 Å². The van der Waals surface area contributed by atoms with E-state index in [9.17, 15) is 4.79 Å². The van der Waals surface area contributed by atoms with Crippen molar-refractivity contribution < 1.29 is 9.53 Å². The highest BCUT2D eigenvalue weighted by Gasteiger charge is 2.10. The van der Waals surface area contributed by atoms with Crippen LogP contribution in [0.5, 0.6) is 0 Å². The maximum atomic E-state index is 10.9. The number of nitrogens with one attached hydrogen (secondary N) is 1. The van der Waals surface area contributed by atoms with Crippen LogP contribution < -0.4 is 5.32 Å². The Balaban J connectivity index is 2.02. The molecule has 0 unspecified atom stereocenters. The average molecular weight is 195 g/mol. The highest BCUT2D eigenvalue weighted by molar-refractivity contribution is 5.92. The van der Waals surface area contributed by atoms with Crippen molar-refractivity contribution in [2.45, 2.75) is 19.8 Å². The summed E-state index contributed by atoms with van der Waals surface area (Å²) in [6.07, 6.45) is 3.17. The van der Waals surface area contributed by atoms with Gasteiger partial charge in [-0.3, -0.25) is 4.79 Å². The van der Waals surface area contributed by atoms with Crippen LogP contribution in [0.25, 0.3) is 0 Å². The Bertz CT molecular complexity index is 256. The molecular formula is C11H17NO2. The predicted octanol–water partition coefficient (Wildman–Crippen LogP) is 1.42. The Morgan fingerprint density at radius 2 is 2.43 bits per heavy atom. The number of carbonyl (C=O) groups excluding carboxylic acids is 1. The van der Waals surface area contributed by atoms with Crippen molar-refractivity contribution in [2.75, 3.05) is 19.8 Å². The molecule has 1 rings (SSSR count). The van der Waals surface area contributed by atoms with Crippen LogP contribution in [0, 0.1) is 0 Å². The van der Waals surface area contributed by atoms with Gasteiger partial charge in [-0.05, 0) is 13.3 Å². The quantitative estimate of drug-likeness (QED) is 0.514. The largest absolute Gasteiger partial charge is 0.386 e. The maximum Gasteiger partial charge on any atom is 0.157 e. The van der Waals surface area contributed by atoms with E-state index in [0.717, 1.165) is 24.2 Å².